The van der Waals surface area contributed by atoms with Gasteiger partial charge in [-0.3, -0.25) is 4.79 Å². The van der Waals surface area contributed by atoms with Gasteiger partial charge in [0.05, 0.1) is 4.90 Å². The second-order valence-corrected chi connectivity index (χ2v) is 5.89. The van der Waals surface area contributed by atoms with Gasteiger partial charge in [0.15, 0.2) is 0 Å². The Bertz CT molecular complexity index is 600. The molecule has 0 atom stereocenters. The van der Waals surface area contributed by atoms with Crippen LogP contribution in [0.1, 0.15) is 13.3 Å². The molecule has 0 aliphatic rings. The second kappa shape index (κ2) is 7.45. The molecule has 0 heterocycles. The summed E-state index contributed by atoms with van der Waals surface area (Å²) in [4.78, 5) is 10.9. The van der Waals surface area contributed by atoms with Gasteiger partial charge in [-0.25, -0.2) is 13.1 Å². The van der Waals surface area contributed by atoms with Crippen molar-refractivity contribution in [3.63, 3.8) is 0 Å². The van der Waals surface area contributed by atoms with Crippen LogP contribution in [0, 0.1) is 0 Å². The maximum atomic E-state index is 12.0. The first-order chi connectivity index (χ1) is 10.1. The van der Waals surface area contributed by atoms with Gasteiger partial charge >= 0.3 is 6.36 Å². The topological polar surface area (TPSA) is 84.5 Å². The molecule has 10 heteroatoms. The van der Waals surface area contributed by atoms with Crippen molar-refractivity contribution in [3.05, 3.63) is 24.3 Å². The van der Waals surface area contributed by atoms with Crippen molar-refractivity contribution in [1.29, 1.82) is 0 Å². The van der Waals surface area contributed by atoms with Crippen molar-refractivity contribution in [1.82, 2.24) is 10.0 Å². The molecule has 0 saturated heterocycles. The number of benzene rings is 1. The van der Waals surface area contributed by atoms with Crippen LogP contribution < -0.4 is 14.8 Å². The molecule has 0 aromatic heterocycles. The number of carbonyl (C=O) groups excluding carboxylic acids is 1. The molecule has 0 bridgehead atoms. The molecule has 2 N–H and O–H groups in total. The van der Waals surface area contributed by atoms with E-state index in [0.29, 0.717) is 6.54 Å². The fraction of sp³-hybridized carbons (Fsp3) is 0.417. The summed E-state index contributed by atoms with van der Waals surface area (Å²) in [5.41, 5.74) is 0. The standard InChI is InChI=1S/C12H15F3N2O4S/c1-2-16-11(18)7-8-17-22(19,20)10-5-3-9(4-6-10)21-12(13,14)15/h3-6,17H,2,7-8H2,1H3,(H,16,18). The SMILES string of the molecule is CCNC(=O)CCNS(=O)(=O)c1ccc(OC(F)(F)F)cc1. The largest absolute Gasteiger partial charge is 0.573 e. The molecule has 1 aromatic carbocycles. The van der Waals surface area contributed by atoms with Crippen molar-refractivity contribution in [3.8, 4) is 5.75 Å². The molecule has 1 amide bonds. The van der Waals surface area contributed by atoms with Gasteiger partial charge in [-0.05, 0) is 31.2 Å². The Balaban J connectivity index is 2.64. The van der Waals surface area contributed by atoms with Gasteiger partial charge in [-0.1, -0.05) is 0 Å². The predicted octanol–water partition coefficient (Wildman–Crippen LogP) is 1.39. The van der Waals surface area contributed by atoms with E-state index in [1.165, 1.54) is 0 Å². The fourth-order valence-electron chi connectivity index (χ4n) is 1.49. The Labute approximate surface area is 125 Å². The maximum Gasteiger partial charge on any atom is 0.573 e. The van der Waals surface area contributed by atoms with Crippen LogP contribution in [-0.4, -0.2) is 33.8 Å². The lowest BCUT2D eigenvalue weighted by molar-refractivity contribution is -0.274. The van der Waals surface area contributed by atoms with E-state index in [2.05, 4.69) is 14.8 Å². The highest BCUT2D eigenvalue weighted by molar-refractivity contribution is 7.89. The van der Waals surface area contributed by atoms with E-state index in [4.69, 9.17) is 0 Å². The fourth-order valence-corrected chi connectivity index (χ4v) is 2.52. The third kappa shape index (κ3) is 6.31. The van der Waals surface area contributed by atoms with Gasteiger partial charge in [0, 0.05) is 19.5 Å². The Kier molecular flexibility index (Phi) is 6.18. The first kappa shape index (κ1) is 18.2. The highest BCUT2D eigenvalue weighted by atomic mass is 32.2. The number of amides is 1. The first-order valence-electron chi connectivity index (χ1n) is 6.26. The van der Waals surface area contributed by atoms with E-state index >= 15 is 0 Å². The van der Waals surface area contributed by atoms with Crippen LogP contribution in [0.15, 0.2) is 29.2 Å². The number of nitrogens with one attached hydrogen (secondary N) is 2. The molecular formula is C12H15F3N2O4S. The zero-order chi connectivity index (χ0) is 16.8. The molecule has 124 valence electrons. The van der Waals surface area contributed by atoms with E-state index in [9.17, 15) is 26.4 Å². The average molecular weight is 340 g/mol. The summed E-state index contributed by atoms with van der Waals surface area (Å²) >= 11 is 0. The van der Waals surface area contributed by atoms with E-state index in [0.717, 1.165) is 24.3 Å². The Morgan fingerprint density at radius 1 is 1.23 bits per heavy atom. The molecule has 22 heavy (non-hydrogen) atoms. The van der Waals surface area contributed by atoms with Crippen molar-refractivity contribution in [2.75, 3.05) is 13.1 Å². The van der Waals surface area contributed by atoms with Gasteiger partial charge < -0.3 is 10.1 Å². The van der Waals surface area contributed by atoms with Crippen molar-refractivity contribution in [2.24, 2.45) is 0 Å². The minimum atomic E-state index is -4.84. The quantitative estimate of drug-likeness (QED) is 0.786. The number of carbonyl (C=O) groups is 1. The van der Waals surface area contributed by atoms with Crippen LogP contribution in [-0.2, 0) is 14.8 Å². The summed E-state index contributed by atoms with van der Waals surface area (Å²) in [6.45, 7) is 2.05. The van der Waals surface area contributed by atoms with Gasteiger partial charge in [-0.15, -0.1) is 13.2 Å². The minimum absolute atomic E-state index is 0.0393. The number of ether oxygens (including phenoxy) is 1. The van der Waals surface area contributed by atoms with Gasteiger partial charge in [-0.2, -0.15) is 0 Å². The Hall–Kier alpha value is -1.81. The number of halogens is 3. The van der Waals surface area contributed by atoms with Gasteiger partial charge in [0.2, 0.25) is 15.9 Å². The van der Waals surface area contributed by atoms with Crippen LogP contribution in [0.4, 0.5) is 13.2 Å². The highest BCUT2D eigenvalue weighted by Crippen LogP contribution is 2.23. The van der Waals surface area contributed by atoms with Gasteiger partial charge in [0.1, 0.15) is 5.75 Å². The molecule has 0 spiro atoms. The predicted molar refractivity (Wildman–Crippen MR) is 71.6 cm³/mol. The Morgan fingerprint density at radius 2 is 1.82 bits per heavy atom. The number of hydrogen-bond acceptors (Lipinski definition) is 4. The van der Waals surface area contributed by atoms with Crippen LogP contribution >= 0.6 is 0 Å². The minimum Gasteiger partial charge on any atom is -0.406 e. The van der Waals surface area contributed by atoms with Crippen molar-refractivity contribution >= 4 is 15.9 Å². The molecule has 1 aromatic rings. The summed E-state index contributed by atoms with van der Waals surface area (Å²) in [6, 6.07) is 3.75. The molecule has 0 unspecified atom stereocenters. The summed E-state index contributed by atoms with van der Waals surface area (Å²) in [5, 5.41) is 2.50. The first-order valence-corrected chi connectivity index (χ1v) is 7.74. The lowest BCUT2D eigenvalue weighted by Gasteiger charge is -2.10. The van der Waals surface area contributed by atoms with E-state index in [1.807, 2.05) is 0 Å². The monoisotopic (exact) mass is 340 g/mol. The molecule has 0 fully saturated rings. The normalized spacial score (nSPS) is 12.0. The molecule has 1 rings (SSSR count). The zero-order valence-electron chi connectivity index (χ0n) is 11.6. The van der Waals surface area contributed by atoms with Gasteiger partial charge in [0.25, 0.3) is 0 Å². The molecule has 0 saturated carbocycles. The number of sulfonamides is 1. The maximum absolute atomic E-state index is 12.0. The summed E-state index contributed by atoms with van der Waals surface area (Å²) in [6.07, 6.45) is -4.88. The highest BCUT2D eigenvalue weighted by Gasteiger charge is 2.31. The number of hydrogen-bond donors (Lipinski definition) is 2. The van der Waals surface area contributed by atoms with Crippen LogP contribution in [0.2, 0.25) is 0 Å². The third-order valence-corrected chi connectivity index (χ3v) is 3.86. The zero-order valence-corrected chi connectivity index (χ0v) is 12.4. The molecule has 0 aliphatic heterocycles. The second-order valence-electron chi connectivity index (χ2n) is 4.12. The number of rotatable bonds is 7. The smallest absolute Gasteiger partial charge is 0.406 e. The molecular weight excluding hydrogens is 325 g/mol. The van der Waals surface area contributed by atoms with E-state index in [1.54, 1.807) is 6.92 Å². The molecule has 0 aliphatic carbocycles. The average Bonchev–Trinajstić information content (AvgIpc) is 2.37. The lowest BCUT2D eigenvalue weighted by atomic mass is 10.3. The van der Waals surface area contributed by atoms with E-state index in [-0.39, 0.29) is 23.8 Å². The summed E-state index contributed by atoms with van der Waals surface area (Å²) < 4.78 is 65.5. The summed E-state index contributed by atoms with van der Waals surface area (Å²) in [5.74, 6) is -0.826. The van der Waals surface area contributed by atoms with E-state index < -0.39 is 22.1 Å². The molecule has 0 radical (unpaired) electrons. The number of alkyl halides is 3. The van der Waals surface area contributed by atoms with Crippen LogP contribution in [0.5, 0.6) is 5.75 Å². The lowest BCUT2D eigenvalue weighted by Crippen LogP contribution is -2.30. The molecule has 6 nitrogen and oxygen atoms in total. The van der Waals surface area contributed by atoms with Crippen LogP contribution in [0.3, 0.4) is 0 Å². The van der Waals surface area contributed by atoms with Crippen molar-refractivity contribution < 1.29 is 31.1 Å². The Morgan fingerprint density at radius 3 is 2.32 bits per heavy atom. The third-order valence-electron chi connectivity index (χ3n) is 2.39. The summed E-state index contributed by atoms with van der Waals surface area (Å²) in [7, 11) is -3.90. The van der Waals surface area contributed by atoms with Crippen molar-refractivity contribution in [2.45, 2.75) is 24.6 Å². The van der Waals surface area contributed by atoms with Crippen LogP contribution in [0.25, 0.3) is 0 Å².